The molecule has 0 unspecified atom stereocenters. The lowest BCUT2D eigenvalue weighted by Gasteiger charge is -2.25. The van der Waals surface area contributed by atoms with Gasteiger partial charge < -0.3 is 14.6 Å². The summed E-state index contributed by atoms with van der Waals surface area (Å²) in [5, 5.41) is 2.71. The van der Waals surface area contributed by atoms with E-state index in [-0.39, 0.29) is 11.9 Å². The summed E-state index contributed by atoms with van der Waals surface area (Å²) < 4.78 is 5.48. The summed E-state index contributed by atoms with van der Waals surface area (Å²) in [6, 6.07) is 11.8. The second-order valence-corrected chi connectivity index (χ2v) is 7.20. The number of urea groups is 1. The summed E-state index contributed by atoms with van der Waals surface area (Å²) in [4.78, 5) is 27.8. The van der Waals surface area contributed by atoms with Gasteiger partial charge in [-0.15, -0.1) is 0 Å². The van der Waals surface area contributed by atoms with Gasteiger partial charge in [0.05, 0.1) is 12.8 Å². The van der Waals surface area contributed by atoms with Crippen LogP contribution in [0.1, 0.15) is 31.6 Å². The van der Waals surface area contributed by atoms with Crippen LogP contribution in [0.3, 0.4) is 0 Å². The highest BCUT2D eigenvalue weighted by atomic mass is 16.3. The monoisotopic (exact) mass is 355 g/mol. The largest absolute Gasteiger partial charge is 0.467 e. The van der Waals surface area contributed by atoms with Crippen molar-refractivity contribution in [3.63, 3.8) is 0 Å². The molecule has 26 heavy (non-hydrogen) atoms. The van der Waals surface area contributed by atoms with Gasteiger partial charge in [0.15, 0.2) is 0 Å². The molecule has 2 heterocycles. The maximum Gasteiger partial charge on any atom is 0.325 e. The second-order valence-electron chi connectivity index (χ2n) is 7.20. The van der Waals surface area contributed by atoms with Crippen molar-refractivity contribution in [1.82, 2.24) is 10.2 Å². The lowest BCUT2D eigenvalue weighted by Crippen LogP contribution is -2.40. The zero-order valence-corrected chi connectivity index (χ0v) is 15.5. The van der Waals surface area contributed by atoms with E-state index < -0.39 is 5.54 Å². The van der Waals surface area contributed by atoms with Crippen molar-refractivity contribution in [2.75, 3.05) is 18.0 Å². The SMILES string of the molecule is Cc1ccc(N(CCCN2C(=O)NC(C)(C)C2=O)Cc2ccco2)cc1. The van der Waals surface area contributed by atoms with Crippen molar-refractivity contribution in [3.05, 3.63) is 54.0 Å². The molecule has 1 saturated heterocycles. The zero-order valence-electron chi connectivity index (χ0n) is 15.5. The van der Waals surface area contributed by atoms with E-state index in [1.54, 1.807) is 20.1 Å². The predicted octanol–water partition coefficient (Wildman–Crippen LogP) is 3.32. The number of nitrogens with zero attached hydrogens (tertiary/aromatic N) is 2. The molecule has 3 rings (SSSR count). The molecule has 0 bridgehead atoms. The minimum absolute atomic E-state index is 0.171. The summed E-state index contributed by atoms with van der Waals surface area (Å²) in [7, 11) is 0. The molecule has 0 radical (unpaired) electrons. The molecule has 0 spiro atoms. The van der Waals surface area contributed by atoms with Gasteiger partial charge in [0, 0.05) is 18.8 Å². The first-order valence-electron chi connectivity index (χ1n) is 8.85. The van der Waals surface area contributed by atoms with Crippen LogP contribution < -0.4 is 10.2 Å². The molecule has 2 aromatic rings. The number of hydrogen-bond donors (Lipinski definition) is 1. The van der Waals surface area contributed by atoms with Crippen LogP contribution in [-0.2, 0) is 11.3 Å². The molecule has 1 aromatic heterocycles. The third kappa shape index (κ3) is 3.90. The van der Waals surface area contributed by atoms with Crippen molar-refractivity contribution < 1.29 is 14.0 Å². The van der Waals surface area contributed by atoms with Gasteiger partial charge in [-0.05, 0) is 51.5 Å². The lowest BCUT2D eigenvalue weighted by atomic mass is 10.1. The van der Waals surface area contributed by atoms with Gasteiger partial charge in [-0.25, -0.2) is 4.79 Å². The normalized spacial score (nSPS) is 16.0. The van der Waals surface area contributed by atoms with E-state index in [1.165, 1.54) is 10.5 Å². The molecular formula is C20H25N3O3. The average Bonchev–Trinajstić information content (AvgIpc) is 3.16. The molecule has 1 aliphatic heterocycles. The van der Waals surface area contributed by atoms with Crippen molar-refractivity contribution >= 4 is 17.6 Å². The third-order valence-electron chi connectivity index (χ3n) is 4.58. The molecule has 0 atom stereocenters. The summed E-state index contributed by atoms with van der Waals surface area (Å²) in [6.45, 7) is 7.25. The zero-order chi connectivity index (χ0) is 18.7. The van der Waals surface area contributed by atoms with E-state index in [9.17, 15) is 9.59 Å². The molecule has 6 heteroatoms. The number of nitrogens with one attached hydrogen (secondary N) is 1. The Hall–Kier alpha value is -2.76. The number of rotatable bonds is 7. The highest BCUT2D eigenvalue weighted by Crippen LogP contribution is 2.20. The van der Waals surface area contributed by atoms with Gasteiger partial charge >= 0.3 is 6.03 Å². The van der Waals surface area contributed by atoms with Gasteiger partial charge in [-0.2, -0.15) is 0 Å². The maximum absolute atomic E-state index is 12.3. The standard InChI is InChI=1S/C20H25N3O3/c1-15-7-9-16(10-8-15)22(14-17-6-4-13-26-17)11-5-12-23-18(24)20(2,3)21-19(23)25/h4,6-10,13H,5,11-12,14H2,1-3H3,(H,21,25). The van der Waals surface area contributed by atoms with E-state index in [1.807, 2.05) is 12.1 Å². The maximum atomic E-state index is 12.3. The Labute approximate surface area is 153 Å². The van der Waals surface area contributed by atoms with Crippen molar-refractivity contribution in [2.24, 2.45) is 0 Å². The number of imide groups is 1. The van der Waals surface area contributed by atoms with Crippen molar-refractivity contribution in [3.8, 4) is 0 Å². The number of carbonyl (C=O) groups is 2. The summed E-state index contributed by atoms with van der Waals surface area (Å²) in [6.07, 6.45) is 2.35. The van der Waals surface area contributed by atoms with Gasteiger partial charge in [0.1, 0.15) is 11.3 Å². The van der Waals surface area contributed by atoms with Gasteiger partial charge in [0.25, 0.3) is 5.91 Å². The molecule has 1 aliphatic rings. The fraction of sp³-hybridized carbons (Fsp3) is 0.400. The predicted molar refractivity (Wildman–Crippen MR) is 99.9 cm³/mol. The second kappa shape index (κ2) is 7.23. The highest BCUT2D eigenvalue weighted by Gasteiger charge is 2.43. The summed E-state index contributed by atoms with van der Waals surface area (Å²) >= 11 is 0. The Morgan fingerprint density at radius 3 is 2.46 bits per heavy atom. The Morgan fingerprint density at radius 1 is 1.15 bits per heavy atom. The lowest BCUT2D eigenvalue weighted by molar-refractivity contribution is -0.130. The highest BCUT2D eigenvalue weighted by molar-refractivity contribution is 6.06. The van der Waals surface area contributed by atoms with E-state index in [0.29, 0.717) is 26.1 Å². The minimum atomic E-state index is -0.818. The van der Waals surface area contributed by atoms with Gasteiger partial charge in [-0.3, -0.25) is 9.69 Å². The number of anilines is 1. The molecule has 3 amide bonds. The van der Waals surface area contributed by atoms with Crippen LogP contribution in [0.4, 0.5) is 10.5 Å². The fourth-order valence-corrected chi connectivity index (χ4v) is 3.09. The van der Waals surface area contributed by atoms with Crippen LogP contribution in [0.2, 0.25) is 0 Å². The van der Waals surface area contributed by atoms with Crippen LogP contribution in [-0.4, -0.2) is 35.5 Å². The number of furan rings is 1. The molecule has 138 valence electrons. The molecule has 1 fully saturated rings. The Bertz CT molecular complexity index is 766. The molecule has 1 aromatic carbocycles. The van der Waals surface area contributed by atoms with Gasteiger partial charge in [0.2, 0.25) is 0 Å². The molecule has 6 nitrogen and oxygen atoms in total. The molecular weight excluding hydrogens is 330 g/mol. The smallest absolute Gasteiger partial charge is 0.325 e. The van der Waals surface area contributed by atoms with Crippen molar-refractivity contribution in [1.29, 1.82) is 0 Å². The molecule has 0 saturated carbocycles. The number of carbonyl (C=O) groups excluding carboxylic acids is 2. The number of amides is 3. The quantitative estimate of drug-likeness (QED) is 0.774. The Morgan fingerprint density at radius 2 is 1.88 bits per heavy atom. The summed E-state index contributed by atoms with van der Waals surface area (Å²) in [5.41, 5.74) is 1.47. The minimum Gasteiger partial charge on any atom is -0.467 e. The van der Waals surface area contributed by atoms with Crippen LogP contribution in [0.5, 0.6) is 0 Å². The van der Waals surface area contributed by atoms with Crippen LogP contribution in [0.15, 0.2) is 47.1 Å². The Kier molecular flexibility index (Phi) is 5.02. The first kappa shape index (κ1) is 18.0. The topological polar surface area (TPSA) is 65.8 Å². The fourth-order valence-electron chi connectivity index (χ4n) is 3.09. The first-order chi connectivity index (χ1) is 12.4. The summed E-state index contributed by atoms with van der Waals surface area (Å²) in [5.74, 6) is 0.706. The molecule has 1 N–H and O–H groups in total. The number of benzene rings is 1. The number of aryl methyl sites for hydroxylation is 1. The van der Waals surface area contributed by atoms with Crippen LogP contribution in [0, 0.1) is 6.92 Å². The number of hydrogen-bond acceptors (Lipinski definition) is 4. The van der Waals surface area contributed by atoms with Crippen LogP contribution in [0.25, 0.3) is 0 Å². The Balaban J connectivity index is 1.65. The van der Waals surface area contributed by atoms with E-state index >= 15 is 0 Å². The van der Waals surface area contributed by atoms with Gasteiger partial charge in [-0.1, -0.05) is 17.7 Å². The average molecular weight is 355 g/mol. The van der Waals surface area contributed by atoms with E-state index in [0.717, 1.165) is 11.4 Å². The van der Waals surface area contributed by atoms with E-state index in [2.05, 4.69) is 41.4 Å². The third-order valence-corrected chi connectivity index (χ3v) is 4.58. The molecule has 0 aliphatic carbocycles. The first-order valence-corrected chi connectivity index (χ1v) is 8.85. The van der Waals surface area contributed by atoms with Crippen LogP contribution >= 0.6 is 0 Å². The van der Waals surface area contributed by atoms with E-state index in [4.69, 9.17) is 4.42 Å². The van der Waals surface area contributed by atoms with Crippen molar-refractivity contribution in [2.45, 2.75) is 39.3 Å².